The average Bonchev–Trinajstić information content (AvgIpc) is 2.72. The highest BCUT2D eigenvalue weighted by Gasteiger charge is 2.15. The van der Waals surface area contributed by atoms with Crippen molar-refractivity contribution in [3.05, 3.63) is 48.5 Å². The van der Waals surface area contributed by atoms with Gasteiger partial charge in [-0.3, -0.25) is 4.79 Å². The molecule has 0 aliphatic heterocycles. The molecule has 0 saturated carbocycles. The van der Waals surface area contributed by atoms with Gasteiger partial charge in [-0.15, -0.1) is 0 Å². The number of carbonyl (C=O) groups excluding carboxylic acids is 1. The third-order valence-corrected chi connectivity index (χ3v) is 5.39. The molecule has 160 valence electrons. The normalized spacial score (nSPS) is 10.8. The molecular formula is C22H26N2O5S. The summed E-state index contributed by atoms with van der Waals surface area (Å²) in [4.78, 5) is 14.5. The largest absolute Gasteiger partial charge is 0.494 e. The van der Waals surface area contributed by atoms with Crippen LogP contribution in [0, 0.1) is 11.3 Å². The van der Waals surface area contributed by atoms with E-state index >= 15 is 0 Å². The quantitative estimate of drug-likeness (QED) is 0.506. The highest BCUT2D eigenvalue weighted by atomic mass is 32.2. The first-order chi connectivity index (χ1) is 14.3. The molecule has 30 heavy (non-hydrogen) atoms. The fourth-order valence-electron chi connectivity index (χ4n) is 2.78. The van der Waals surface area contributed by atoms with E-state index in [0.717, 1.165) is 17.7 Å². The van der Waals surface area contributed by atoms with Crippen LogP contribution in [-0.2, 0) is 14.6 Å². The van der Waals surface area contributed by atoms with E-state index in [0.29, 0.717) is 31.9 Å². The van der Waals surface area contributed by atoms with Gasteiger partial charge in [0.25, 0.3) is 0 Å². The minimum absolute atomic E-state index is 0.0922. The summed E-state index contributed by atoms with van der Waals surface area (Å²) in [6, 6.07) is 15.5. The highest BCUT2D eigenvalue weighted by molar-refractivity contribution is 7.90. The summed E-state index contributed by atoms with van der Waals surface area (Å²) >= 11 is 0. The van der Waals surface area contributed by atoms with Crippen molar-refractivity contribution in [2.45, 2.75) is 31.1 Å². The minimum atomic E-state index is -3.24. The molecule has 0 aliphatic carbocycles. The summed E-state index contributed by atoms with van der Waals surface area (Å²) in [5, 5.41) is 8.90. The lowest BCUT2D eigenvalue weighted by Crippen LogP contribution is -2.31. The Labute approximate surface area is 177 Å². The first-order valence-corrected chi connectivity index (χ1v) is 11.6. The maximum Gasteiger partial charge on any atom is 0.227 e. The Bertz CT molecular complexity index is 964. The van der Waals surface area contributed by atoms with Crippen molar-refractivity contribution >= 4 is 21.4 Å². The molecule has 1 amide bonds. The average molecular weight is 431 g/mol. The van der Waals surface area contributed by atoms with E-state index in [9.17, 15) is 13.2 Å². The second-order valence-corrected chi connectivity index (χ2v) is 8.59. The number of sulfone groups is 1. The van der Waals surface area contributed by atoms with E-state index in [2.05, 4.69) is 6.07 Å². The number of hydrogen-bond acceptors (Lipinski definition) is 6. The van der Waals surface area contributed by atoms with Crippen molar-refractivity contribution in [3.8, 4) is 17.6 Å². The van der Waals surface area contributed by atoms with Crippen LogP contribution in [0.15, 0.2) is 53.4 Å². The minimum Gasteiger partial charge on any atom is -0.494 e. The van der Waals surface area contributed by atoms with Gasteiger partial charge in [0.2, 0.25) is 5.91 Å². The van der Waals surface area contributed by atoms with E-state index in [-0.39, 0.29) is 23.6 Å². The van der Waals surface area contributed by atoms with Crippen molar-refractivity contribution in [1.82, 2.24) is 0 Å². The fourth-order valence-corrected chi connectivity index (χ4v) is 3.41. The molecule has 2 aromatic carbocycles. The van der Waals surface area contributed by atoms with Gasteiger partial charge in [-0.25, -0.2) is 8.42 Å². The summed E-state index contributed by atoms with van der Waals surface area (Å²) in [5.41, 5.74) is 0.719. The van der Waals surface area contributed by atoms with Crippen LogP contribution in [-0.4, -0.2) is 40.3 Å². The first kappa shape index (κ1) is 23.2. The van der Waals surface area contributed by atoms with Gasteiger partial charge in [0.05, 0.1) is 30.6 Å². The van der Waals surface area contributed by atoms with Crippen molar-refractivity contribution < 1.29 is 22.7 Å². The van der Waals surface area contributed by atoms with Gasteiger partial charge >= 0.3 is 0 Å². The zero-order chi connectivity index (χ0) is 22.0. The molecule has 0 aromatic heterocycles. The summed E-state index contributed by atoms with van der Waals surface area (Å²) in [6.07, 6.45) is 2.14. The van der Waals surface area contributed by atoms with E-state index < -0.39 is 9.84 Å². The Morgan fingerprint density at radius 2 is 1.63 bits per heavy atom. The van der Waals surface area contributed by atoms with Crippen LogP contribution in [0.1, 0.15) is 26.2 Å². The molecule has 0 unspecified atom stereocenters. The molecule has 0 spiro atoms. The fraction of sp³-hybridized carbons (Fsp3) is 0.364. The zero-order valence-corrected chi connectivity index (χ0v) is 18.0. The number of amides is 1. The van der Waals surface area contributed by atoms with Crippen LogP contribution in [0.25, 0.3) is 0 Å². The smallest absolute Gasteiger partial charge is 0.227 e. The van der Waals surface area contributed by atoms with Gasteiger partial charge in [0.1, 0.15) is 11.5 Å². The zero-order valence-electron chi connectivity index (χ0n) is 17.2. The monoisotopic (exact) mass is 430 g/mol. The summed E-state index contributed by atoms with van der Waals surface area (Å²) in [6.45, 7) is 3.10. The second-order valence-electron chi connectivity index (χ2n) is 6.58. The van der Waals surface area contributed by atoms with Gasteiger partial charge in [0, 0.05) is 24.9 Å². The topological polar surface area (TPSA) is 96.7 Å². The van der Waals surface area contributed by atoms with Crippen molar-refractivity contribution in [3.63, 3.8) is 0 Å². The Morgan fingerprint density at radius 3 is 2.20 bits per heavy atom. The van der Waals surface area contributed by atoms with Crippen molar-refractivity contribution in [1.29, 1.82) is 5.26 Å². The van der Waals surface area contributed by atoms with Crippen molar-refractivity contribution in [2.24, 2.45) is 0 Å². The molecule has 0 N–H and O–H groups in total. The van der Waals surface area contributed by atoms with Gasteiger partial charge in [0.15, 0.2) is 9.84 Å². The third kappa shape index (κ3) is 7.08. The molecule has 2 aromatic rings. The lowest BCUT2D eigenvalue weighted by Gasteiger charge is -2.22. The lowest BCUT2D eigenvalue weighted by molar-refractivity contribution is -0.118. The van der Waals surface area contributed by atoms with Crippen LogP contribution in [0.5, 0.6) is 11.5 Å². The number of benzene rings is 2. The third-order valence-electron chi connectivity index (χ3n) is 4.26. The molecule has 0 bridgehead atoms. The first-order valence-electron chi connectivity index (χ1n) is 9.68. The number of carbonyl (C=O) groups is 1. The van der Waals surface area contributed by atoms with Gasteiger partial charge in [-0.1, -0.05) is 0 Å². The predicted octanol–water partition coefficient (Wildman–Crippen LogP) is 3.59. The van der Waals surface area contributed by atoms with E-state index in [4.69, 9.17) is 14.7 Å². The van der Waals surface area contributed by atoms with Gasteiger partial charge < -0.3 is 14.4 Å². The van der Waals surface area contributed by atoms with Crippen LogP contribution in [0.2, 0.25) is 0 Å². The number of hydrogen-bond donors (Lipinski definition) is 0. The number of nitrogens with zero attached hydrogens (tertiary/aromatic N) is 2. The molecule has 0 saturated heterocycles. The number of nitriles is 1. The molecule has 7 nitrogen and oxygen atoms in total. The number of ether oxygens (including phenoxy) is 2. The van der Waals surface area contributed by atoms with Crippen LogP contribution in [0.3, 0.4) is 0 Å². The molecule has 0 atom stereocenters. The molecule has 0 fully saturated rings. The van der Waals surface area contributed by atoms with Gasteiger partial charge in [-0.2, -0.15) is 5.26 Å². The van der Waals surface area contributed by atoms with Gasteiger partial charge in [-0.05, 0) is 61.9 Å². The Balaban J connectivity index is 1.90. The summed E-state index contributed by atoms with van der Waals surface area (Å²) in [5.74, 6) is 1.18. The highest BCUT2D eigenvalue weighted by Crippen LogP contribution is 2.21. The number of anilines is 1. The van der Waals surface area contributed by atoms with E-state index in [1.165, 1.54) is 12.1 Å². The lowest BCUT2D eigenvalue weighted by atomic mass is 10.2. The van der Waals surface area contributed by atoms with Crippen molar-refractivity contribution in [2.75, 3.05) is 30.9 Å². The maximum absolute atomic E-state index is 12.7. The Hall–Kier alpha value is -3.05. The van der Waals surface area contributed by atoms with Crippen LogP contribution in [0.4, 0.5) is 5.69 Å². The maximum atomic E-state index is 12.7. The standard InChI is InChI=1S/C22H26N2O5S/c1-3-28-19-9-7-18(8-10-19)24(16-5-15-23)22(25)6-4-17-29-20-11-13-21(14-12-20)30(2,26)27/h7-14H,3-6,16-17H2,1-2H3. The summed E-state index contributed by atoms with van der Waals surface area (Å²) < 4.78 is 34.0. The molecule has 0 heterocycles. The molecule has 2 rings (SSSR count). The van der Waals surface area contributed by atoms with Crippen LogP contribution < -0.4 is 14.4 Å². The van der Waals surface area contributed by atoms with E-state index in [1.54, 1.807) is 41.3 Å². The Morgan fingerprint density at radius 1 is 1.03 bits per heavy atom. The molecule has 0 radical (unpaired) electrons. The molecule has 0 aliphatic rings. The molecule has 8 heteroatoms. The SMILES string of the molecule is CCOc1ccc(N(CCC#N)C(=O)CCCOc2ccc(S(C)(=O)=O)cc2)cc1. The Kier molecular flexibility index (Phi) is 8.69. The second kappa shape index (κ2) is 11.2. The van der Waals surface area contributed by atoms with E-state index in [1.807, 2.05) is 6.92 Å². The predicted molar refractivity (Wildman–Crippen MR) is 114 cm³/mol. The molecular weight excluding hydrogens is 404 g/mol. The summed E-state index contributed by atoms with van der Waals surface area (Å²) in [7, 11) is -3.24. The number of rotatable bonds is 11. The van der Waals surface area contributed by atoms with Crippen LogP contribution >= 0.6 is 0 Å².